The molecule has 2 rings (SSSR count). The van der Waals surface area contributed by atoms with E-state index >= 15 is 0 Å². The molecule has 0 aliphatic rings. The molecule has 0 bridgehead atoms. The van der Waals surface area contributed by atoms with Crippen molar-refractivity contribution >= 4 is 17.5 Å². The summed E-state index contributed by atoms with van der Waals surface area (Å²) in [6, 6.07) is 12.2. The summed E-state index contributed by atoms with van der Waals surface area (Å²) >= 11 is 0. The van der Waals surface area contributed by atoms with Gasteiger partial charge in [0.25, 0.3) is 5.91 Å². The topological polar surface area (TPSA) is 76.7 Å². The number of amides is 2. The molecule has 138 valence electrons. The number of nitrogens with one attached hydrogen (secondary N) is 2. The first kappa shape index (κ1) is 19.2. The average molecular weight is 364 g/mol. The largest absolute Gasteiger partial charge is 0.493 e. The van der Waals surface area contributed by atoms with Gasteiger partial charge >= 0.3 is 6.61 Å². The van der Waals surface area contributed by atoms with Crippen LogP contribution in [-0.2, 0) is 4.79 Å². The maximum absolute atomic E-state index is 12.2. The minimum Gasteiger partial charge on any atom is -0.493 e. The van der Waals surface area contributed by atoms with Crippen LogP contribution in [0.2, 0.25) is 0 Å². The van der Waals surface area contributed by atoms with Crippen LogP contribution in [0.3, 0.4) is 0 Å². The highest BCUT2D eigenvalue weighted by Gasteiger charge is 2.13. The number of hydrogen-bond donors (Lipinski definition) is 2. The van der Waals surface area contributed by atoms with Crippen LogP contribution in [0, 0.1) is 0 Å². The molecule has 0 heterocycles. The zero-order valence-electron chi connectivity index (χ0n) is 14.0. The number of benzene rings is 2. The van der Waals surface area contributed by atoms with E-state index in [4.69, 9.17) is 4.74 Å². The van der Waals surface area contributed by atoms with E-state index in [0.29, 0.717) is 23.6 Å². The van der Waals surface area contributed by atoms with Gasteiger partial charge in [0.15, 0.2) is 0 Å². The molecule has 0 saturated heterocycles. The highest BCUT2D eigenvalue weighted by molar-refractivity contribution is 6.00. The van der Waals surface area contributed by atoms with Gasteiger partial charge in [-0.1, -0.05) is 12.1 Å². The first-order chi connectivity index (χ1) is 12.5. The monoisotopic (exact) mass is 364 g/mol. The zero-order valence-corrected chi connectivity index (χ0v) is 14.0. The second kappa shape index (κ2) is 9.36. The highest BCUT2D eigenvalue weighted by Crippen LogP contribution is 2.18. The van der Waals surface area contributed by atoms with Gasteiger partial charge in [0.1, 0.15) is 11.5 Å². The molecule has 2 aromatic carbocycles. The molecule has 2 N–H and O–H groups in total. The number of anilines is 1. The molecule has 0 unspecified atom stereocenters. The van der Waals surface area contributed by atoms with Crippen molar-refractivity contribution in [3.63, 3.8) is 0 Å². The maximum Gasteiger partial charge on any atom is 0.387 e. The van der Waals surface area contributed by atoms with E-state index in [1.807, 2.05) is 0 Å². The van der Waals surface area contributed by atoms with Gasteiger partial charge in [-0.05, 0) is 43.3 Å². The molecule has 0 atom stereocenters. The first-order valence-corrected chi connectivity index (χ1v) is 7.84. The van der Waals surface area contributed by atoms with Crippen LogP contribution in [0.1, 0.15) is 17.3 Å². The summed E-state index contributed by atoms with van der Waals surface area (Å²) in [6.07, 6.45) is 0. The fourth-order valence-corrected chi connectivity index (χ4v) is 2.12. The van der Waals surface area contributed by atoms with Gasteiger partial charge in [0, 0.05) is 5.69 Å². The SMILES string of the molecule is CCOc1ccccc1C(=O)NCC(=O)Nc1ccc(OC(F)F)cc1. The molecule has 0 radical (unpaired) electrons. The lowest BCUT2D eigenvalue weighted by molar-refractivity contribution is -0.115. The third-order valence-corrected chi connectivity index (χ3v) is 3.20. The third kappa shape index (κ3) is 5.73. The van der Waals surface area contributed by atoms with Crippen LogP contribution in [-0.4, -0.2) is 31.6 Å². The zero-order chi connectivity index (χ0) is 18.9. The van der Waals surface area contributed by atoms with Gasteiger partial charge in [-0.15, -0.1) is 0 Å². The van der Waals surface area contributed by atoms with Crippen LogP contribution < -0.4 is 20.1 Å². The summed E-state index contributed by atoms with van der Waals surface area (Å²) in [5, 5.41) is 5.04. The van der Waals surface area contributed by atoms with Crippen LogP contribution >= 0.6 is 0 Å². The molecule has 0 spiro atoms. The van der Waals surface area contributed by atoms with Crippen molar-refractivity contribution in [1.82, 2.24) is 5.32 Å². The number of alkyl halides is 2. The molecular formula is C18H18F2N2O4. The Morgan fingerprint density at radius 2 is 1.77 bits per heavy atom. The summed E-state index contributed by atoms with van der Waals surface area (Å²) < 4.78 is 33.8. The number of ether oxygens (including phenoxy) is 2. The maximum atomic E-state index is 12.2. The molecule has 26 heavy (non-hydrogen) atoms. The van der Waals surface area contributed by atoms with E-state index in [-0.39, 0.29) is 12.3 Å². The predicted octanol–water partition coefficient (Wildman–Crippen LogP) is 3.06. The fraction of sp³-hybridized carbons (Fsp3) is 0.222. The van der Waals surface area contributed by atoms with Crippen LogP contribution in [0.5, 0.6) is 11.5 Å². The van der Waals surface area contributed by atoms with E-state index in [0.717, 1.165) is 0 Å². The fourth-order valence-electron chi connectivity index (χ4n) is 2.12. The Morgan fingerprint density at radius 1 is 1.08 bits per heavy atom. The Morgan fingerprint density at radius 3 is 2.42 bits per heavy atom. The molecule has 6 nitrogen and oxygen atoms in total. The number of halogens is 2. The van der Waals surface area contributed by atoms with Crippen molar-refractivity contribution in [2.24, 2.45) is 0 Å². The Labute approximate surface area is 149 Å². The predicted molar refractivity (Wildman–Crippen MR) is 91.6 cm³/mol. The number of carbonyl (C=O) groups excluding carboxylic acids is 2. The van der Waals surface area contributed by atoms with Gasteiger partial charge in [-0.2, -0.15) is 8.78 Å². The Kier molecular flexibility index (Phi) is 6.90. The molecule has 0 saturated carbocycles. The summed E-state index contributed by atoms with van der Waals surface area (Å²) in [4.78, 5) is 24.1. The Bertz CT molecular complexity index is 751. The van der Waals surface area contributed by atoms with Crippen LogP contribution in [0.15, 0.2) is 48.5 Å². The molecule has 2 aromatic rings. The second-order valence-corrected chi connectivity index (χ2v) is 5.06. The Balaban J connectivity index is 1.87. The van der Waals surface area contributed by atoms with Crippen LogP contribution in [0.4, 0.5) is 14.5 Å². The van der Waals surface area contributed by atoms with Gasteiger partial charge in [-0.3, -0.25) is 9.59 Å². The van der Waals surface area contributed by atoms with Gasteiger partial charge in [0.05, 0.1) is 18.7 Å². The quantitative estimate of drug-likeness (QED) is 0.755. The lowest BCUT2D eigenvalue weighted by Crippen LogP contribution is -2.33. The summed E-state index contributed by atoms with van der Waals surface area (Å²) in [7, 11) is 0. The van der Waals surface area contributed by atoms with Crippen molar-refractivity contribution in [1.29, 1.82) is 0 Å². The normalized spacial score (nSPS) is 10.3. The van der Waals surface area contributed by atoms with Gasteiger partial charge < -0.3 is 20.1 Å². The van der Waals surface area contributed by atoms with Crippen LogP contribution in [0.25, 0.3) is 0 Å². The van der Waals surface area contributed by atoms with Crippen molar-refractivity contribution in [3.05, 3.63) is 54.1 Å². The average Bonchev–Trinajstić information content (AvgIpc) is 2.62. The van der Waals surface area contributed by atoms with E-state index in [1.165, 1.54) is 24.3 Å². The molecule has 0 fully saturated rings. The number of hydrogen-bond acceptors (Lipinski definition) is 4. The molecular weight excluding hydrogens is 346 g/mol. The van der Waals surface area contributed by atoms with Crippen molar-refractivity contribution < 1.29 is 27.8 Å². The number of rotatable bonds is 8. The number of carbonyl (C=O) groups is 2. The Hall–Kier alpha value is -3.16. The molecule has 0 aliphatic heterocycles. The lowest BCUT2D eigenvalue weighted by Gasteiger charge is -2.11. The standard InChI is InChI=1S/C18H18F2N2O4/c1-2-25-15-6-4-3-5-14(15)17(24)21-11-16(23)22-12-7-9-13(10-8-12)26-18(19)20/h3-10,18H,2,11H2,1H3,(H,21,24)(H,22,23). The molecule has 0 aromatic heterocycles. The van der Waals surface area contributed by atoms with E-state index in [2.05, 4.69) is 15.4 Å². The summed E-state index contributed by atoms with van der Waals surface area (Å²) in [5.41, 5.74) is 0.719. The van der Waals surface area contributed by atoms with Gasteiger partial charge in [0.2, 0.25) is 5.91 Å². The smallest absolute Gasteiger partial charge is 0.387 e. The second-order valence-electron chi connectivity index (χ2n) is 5.06. The first-order valence-electron chi connectivity index (χ1n) is 7.84. The van der Waals surface area contributed by atoms with Crippen molar-refractivity contribution in [2.75, 3.05) is 18.5 Å². The summed E-state index contributed by atoms with van der Waals surface area (Å²) in [6.45, 7) is -0.949. The highest BCUT2D eigenvalue weighted by atomic mass is 19.3. The summed E-state index contributed by atoms with van der Waals surface area (Å²) in [5.74, 6) is -0.485. The molecule has 8 heteroatoms. The molecule has 2 amide bonds. The van der Waals surface area contributed by atoms with E-state index < -0.39 is 18.4 Å². The minimum absolute atomic E-state index is 0.0150. The van der Waals surface area contributed by atoms with E-state index in [1.54, 1.807) is 31.2 Å². The lowest BCUT2D eigenvalue weighted by atomic mass is 10.2. The van der Waals surface area contributed by atoms with E-state index in [9.17, 15) is 18.4 Å². The van der Waals surface area contributed by atoms with Gasteiger partial charge in [-0.25, -0.2) is 0 Å². The minimum atomic E-state index is -2.91. The third-order valence-electron chi connectivity index (χ3n) is 3.20. The van der Waals surface area contributed by atoms with Crippen molar-refractivity contribution in [3.8, 4) is 11.5 Å². The number of para-hydroxylation sites is 1. The van der Waals surface area contributed by atoms with Crippen molar-refractivity contribution in [2.45, 2.75) is 13.5 Å². The molecule has 0 aliphatic carbocycles.